The minimum Gasteiger partial charge on any atom is -0.497 e. The topological polar surface area (TPSA) is 56.1 Å². The lowest BCUT2D eigenvalue weighted by molar-refractivity contribution is 0.102. The number of carbonyl (C=O) groups excluding carboxylic acids is 1. The summed E-state index contributed by atoms with van der Waals surface area (Å²) in [6, 6.07) is 14.6. The number of benzene rings is 2. The SMILES string of the molecule is COc1ccc(C(=O)Nc2c(C)nn(Cc3cccc(Cl)c3)c2C)cc1. The summed E-state index contributed by atoms with van der Waals surface area (Å²) < 4.78 is 6.98. The van der Waals surface area contributed by atoms with Crippen molar-refractivity contribution in [2.24, 2.45) is 0 Å². The highest BCUT2D eigenvalue weighted by atomic mass is 35.5. The third-order valence-corrected chi connectivity index (χ3v) is 4.43. The van der Waals surface area contributed by atoms with Crippen molar-refractivity contribution in [3.8, 4) is 5.75 Å². The van der Waals surface area contributed by atoms with Crippen LogP contribution in [0.1, 0.15) is 27.3 Å². The molecule has 0 saturated heterocycles. The third-order valence-electron chi connectivity index (χ3n) is 4.19. The van der Waals surface area contributed by atoms with Crippen LogP contribution in [0, 0.1) is 13.8 Å². The molecule has 2 aromatic carbocycles. The first-order chi connectivity index (χ1) is 12.5. The van der Waals surface area contributed by atoms with Crippen LogP contribution in [-0.2, 0) is 6.54 Å². The van der Waals surface area contributed by atoms with Gasteiger partial charge in [-0.15, -0.1) is 0 Å². The molecule has 1 aromatic heterocycles. The van der Waals surface area contributed by atoms with Crippen molar-refractivity contribution < 1.29 is 9.53 Å². The zero-order chi connectivity index (χ0) is 18.7. The van der Waals surface area contributed by atoms with Gasteiger partial charge in [-0.3, -0.25) is 9.48 Å². The number of halogens is 1. The average molecular weight is 370 g/mol. The van der Waals surface area contributed by atoms with Crippen molar-refractivity contribution in [1.29, 1.82) is 0 Å². The summed E-state index contributed by atoms with van der Waals surface area (Å²) in [5.74, 6) is 0.532. The van der Waals surface area contributed by atoms with E-state index in [1.54, 1.807) is 31.4 Å². The second-order valence-electron chi connectivity index (χ2n) is 6.02. The van der Waals surface area contributed by atoms with Gasteiger partial charge in [-0.25, -0.2) is 0 Å². The molecule has 0 radical (unpaired) electrons. The van der Waals surface area contributed by atoms with Gasteiger partial charge in [-0.1, -0.05) is 23.7 Å². The average Bonchev–Trinajstić information content (AvgIpc) is 2.89. The molecule has 3 aromatic rings. The molecule has 1 amide bonds. The van der Waals surface area contributed by atoms with Gasteiger partial charge in [0.1, 0.15) is 5.75 Å². The van der Waals surface area contributed by atoms with Crippen molar-refractivity contribution in [2.45, 2.75) is 20.4 Å². The zero-order valence-electron chi connectivity index (χ0n) is 14.9. The van der Waals surface area contributed by atoms with Gasteiger partial charge in [-0.05, 0) is 55.8 Å². The summed E-state index contributed by atoms with van der Waals surface area (Å²) in [5.41, 5.74) is 4.01. The van der Waals surface area contributed by atoms with Gasteiger partial charge in [0.15, 0.2) is 0 Å². The Morgan fingerprint density at radius 3 is 2.58 bits per heavy atom. The standard InChI is InChI=1S/C20H20ClN3O2/c1-13-19(22-20(25)16-7-9-18(26-3)10-8-16)14(2)24(23-13)12-15-5-4-6-17(21)11-15/h4-11H,12H2,1-3H3,(H,22,25). The first-order valence-corrected chi connectivity index (χ1v) is 8.59. The van der Waals surface area contributed by atoms with Crippen molar-refractivity contribution >= 4 is 23.2 Å². The van der Waals surface area contributed by atoms with E-state index in [1.807, 2.05) is 42.8 Å². The van der Waals surface area contributed by atoms with Crippen LogP contribution in [0.5, 0.6) is 5.75 Å². The molecule has 3 rings (SSSR count). The molecule has 0 bridgehead atoms. The molecule has 0 aliphatic heterocycles. The fourth-order valence-corrected chi connectivity index (χ4v) is 2.98. The molecule has 5 nitrogen and oxygen atoms in total. The molecule has 0 saturated carbocycles. The number of hydrogen-bond donors (Lipinski definition) is 1. The quantitative estimate of drug-likeness (QED) is 0.722. The number of methoxy groups -OCH3 is 1. The fourth-order valence-electron chi connectivity index (χ4n) is 2.77. The number of amides is 1. The molecule has 1 heterocycles. The molecule has 0 spiro atoms. The number of aromatic nitrogens is 2. The Balaban J connectivity index is 1.80. The predicted molar refractivity (Wildman–Crippen MR) is 103 cm³/mol. The molecule has 0 fully saturated rings. The van der Waals surface area contributed by atoms with E-state index in [0.717, 1.165) is 22.6 Å². The highest BCUT2D eigenvalue weighted by Gasteiger charge is 2.15. The van der Waals surface area contributed by atoms with E-state index in [-0.39, 0.29) is 5.91 Å². The van der Waals surface area contributed by atoms with Gasteiger partial charge in [-0.2, -0.15) is 5.10 Å². The molecule has 26 heavy (non-hydrogen) atoms. The fraction of sp³-hybridized carbons (Fsp3) is 0.200. The largest absolute Gasteiger partial charge is 0.497 e. The Morgan fingerprint density at radius 2 is 1.92 bits per heavy atom. The molecule has 0 atom stereocenters. The molecule has 0 unspecified atom stereocenters. The third kappa shape index (κ3) is 3.89. The normalized spacial score (nSPS) is 10.6. The summed E-state index contributed by atoms with van der Waals surface area (Å²) in [5, 5.41) is 8.20. The van der Waals surface area contributed by atoms with Crippen molar-refractivity contribution in [3.05, 3.63) is 76.1 Å². The van der Waals surface area contributed by atoms with E-state index in [0.29, 0.717) is 22.9 Å². The maximum Gasteiger partial charge on any atom is 0.255 e. The Labute approximate surface area is 157 Å². The van der Waals surface area contributed by atoms with E-state index in [9.17, 15) is 4.79 Å². The van der Waals surface area contributed by atoms with Crippen LogP contribution in [0.3, 0.4) is 0 Å². The summed E-state index contributed by atoms with van der Waals surface area (Å²) in [6.45, 7) is 4.41. The van der Waals surface area contributed by atoms with Crippen LogP contribution in [0.15, 0.2) is 48.5 Å². The zero-order valence-corrected chi connectivity index (χ0v) is 15.7. The number of hydrogen-bond acceptors (Lipinski definition) is 3. The minimum absolute atomic E-state index is 0.179. The number of nitrogens with zero attached hydrogens (tertiary/aromatic N) is 2. The predicted octanol–water partition coefficient (Wildman–Crippen LogP) is 4.46. The van der Waals surface area contributed by atoms with Gasteiger partial charge < -0.3 is 10.1 Å². The van der Waals surface area contributed by atoms with Crippen LogP contribution in [0.4, 0.5) is 5.69 Å². The highest BCUT2D eigenvalue weighted by Crippen LogP contribution is 2.22. The monoisotopic (exact) mass is 369 g/mol. The lowest BCUT2D eigenvalue weighted by atomic mass is 10.2. The van der Waals surface area contributed by atoms with Crippen molar-refractivity contribution in [2.75, 3.05) is 12.4 Å². The second kappa shape index (κ2) is 7.62. The molecule has 134 valence electrons. The second-order valence-corrected chi connectivity index (χ2v) is 6.45. The smallest absolute Gasteiger partial charge is 0.255 e. The van der Waals surface area contributed by atoms with Gasteiger partial charge in [0.05, 0.1) is 30.7 Å². The molecule has 0 aliphatic carbocycles. The van der Waals surface area contributed by atoms with E-state index in [1.165, 1.54) is 0 Å². The summed E-state index contributed by atoms with van der Waals surface area (Å²) in [6.07, 6.45) is 0. The van der Waals surface area contributed by atoms with E-state index in [4.69, 9.17) is 16.3 Å². The first-order valence-electron chi connectivity index (χ1n) is 8.22. The maximum atomic E-state index is 12.5. The van der Waals surface area contributed by atoms with E-state index < -0.39 is 0 Å². The van der Waals surface area contributed by atoms with E-state index >= 15 is 0 Å². The molecular formula is C20H20ClN3O2. The molecule has 0 aliphatic rings. The number of anilines is 1. The summed E-state index contributed by atoms with van der Waals surface area (Å²) >= 11 is 6.05. The number of rotatable bonds is 5. The van der Waals surface area contributed by atoms with Crippen LogP contribution >= 0.6 is 11.6 Å². The van der Waals surface area contributed by atoms with Crippen LogP contribution in [0.25, 0.3) is 0 Å². The minimum atomic E-state index is -0.179. The van der Waals surface area contributed by atoms with Crippen molar-refractivity contribution in [1.82, 2.24) is 9.78 Å². The Bertz CT molecular complexity index is 933. The van der Waals surface area contributed by atoms with Gasteiger partial charge >= 0.3 is 0 Å². The van der Waals surface area contributed by atoms with Crippen LogP contribution < -0.4 is 10.1 Å². The highest BCUT2D eigenvalue weighted by molar-refractivity contribution is 6.30. The number of nitrogens with one attached hydrogen (secondary N) is 1. The Morgan fingerprint density at radius 1 is 1.19 bits per heavy atom. The Hall–Kier alpha value is -2.79. The number of ether oxygens (including phenoxy) is 1. The van der Waals surface area contributed by atoms with Crippen LogP contribution in [0.2, 0.25) is 5.02 Å². The van der Waals surface area contributed by atoms with Gasteiger partial charge in [0, 0.05) is 10.6 Å². The number of aryl methyl sites for hydroxylation is 1. The lowest BCUT2D eigenvalue weighted by Crippen LogP contribution is -2.13. The lowest BCUT2D eigenvalue weighted by Gasteiger charge is -2.08. The molecular weight excluding hydrogens is 350 g/mol. The number of carbonyl (C=O) groups is 1. The van der Waals surface area contributed by atoms with Gasteiger partial charge in [0.25, 0.3) is 5.91 Å². The maximum absolute atomic E-state index is 12.5. The first kappa shape index (κ1) is 18.0. The van der Waals surface area contributed by atoms with Crippen molar-refractivity contribution in [3.63, 3.8) is 0 Å². The van der Waals surface area contributed by atoms with Crippen LogP contribution in [-0.4, -0.2) is 22.8 Å². The molecule has 6 heteroatoms. The van der Waals surface area contributed by atoms with Gasteiger partial charge in [0.2, 0.25) is 0 Å². The van der Waals surface area contributed by atoms with E-state index in [2.05, 4.69) is 10.4 Å². The summed E-state index contributed by atoms with van der Waals surface area (Å²) in [7, 11) is 1.59. The Kier molecular flexibility index (Phi) is 5.28. The summed E-state index contributed by atoms with van der Waals surface area (Å²) in [4.78, 5) is 12.5. The molecule has 1 N–H and O–H groups in total.